The third kappa shape index (κ3) is 3.88. The van der Waals surface area contributed by atoms with Gasteiger partial charge in [-0.1, -0.05) is 66.2 Å². The predicted molar refractivity (Wildman–Crippen MR) is 165 cm³/mol. The molecule has 218 valence electrons. The van der Waals surface area contributed by atoms with Crippen molar-refractivity contribution < 1.29 is 23.9 Å². The number of amides is 3. The lowest BCUT2D eigenvalue weighted by Gasteiger charge is -2.45. The zero-order valence-electron chi connectivity index (χ0n) is 23.8. The molecule has 8 heteroatoms. The minimum atomic E-state index is -0.633. The highest BCUT2D eigenvalue weighted by Gasteiger charge is 2.61. The molecule has 2 heterocycles. The summed E-state index contributed by atoms with van der Waals surface area (Å²) in [6.45, 7) is 2.08. The third-order valence-corrected chi connectivity index (χ3v) is 10.1. The van der Waals surface area contributed by atoms with Crippen LogP contribution in [0.25, 0.3) is 0 Å². The van der Waals surface area contributed by atoms with E-state index in [9.17, 15) is 19.2 Å². The second kappa shape index (κ2) is 9.89. The molecule has 9 rings (SSSR count). The minimum absolute atomic E-state index is 0.0368. The van der Waals surface area contributed by atoms with Crippen LogP contribution in [0.5, 0.6) is 5.75 Å². The summed E-state index contributed by atoms with van der Waals surface area (Å²) in [5, 5.41) is 0.553. The summed E-state index contributed by atoms with van der Waals surface area (Å²) in [6, 6.07) is 28.1. The van der Waals surface area contributed by atoms with Crippen molar-refractivity contribution >= 4 is 46.7 Å². The Hall–Kier alpha value is -4.75. The van der Waals surface area contributed by atoms with Gasteiger partial charge in [0.25, 0.3) is 0 Å². The molecule has 0 unspecified atom stereocenters. The SMILES string of the molecule is Cc1ccc(N2C[C@H](C(=O)Oc3ccc(N4C(=O)[C@H]5C6c7ccccc7C(c7ccccc76)[C@@H]5C4=O)cc3)CC2=O)cc1Cl. The molecule has 5 aliphatic rings. The average molecular weight is 603 g/mol. The number of imide groups is 1. The van der Waals surface area contributed by atoms with E-state index < -0.39 is 23.7 Å². The number of rotatable bonds is 4. The van der Waals surface area contributed by atoms with Crippen molar-refractivity contribution in [2.45, 2.75) is 25.2 Å². The van der Waals surface area contributed by atoms with Crippen LogP contribution < -0.4 is 14.5 Å². The highest BCUT2D eigenvalue weighted by atomic mass is 35.5. The summed E-state index contributed by atoms with van der Waals surface area (Å²) in [4.78, 5) is 56.6. The van der Waals surface area contributed by atoms with Crippen LogP contribution in [0.4, 0.5) is 11.4 Å². The van der Waals surface area contributed by atoms with Crippen molar-refractivity contribution in [2.75, 3.05) is 16.3 Å². The average Bonchev–Trinajstić information content (AvgIpc) is 3.56. The molecule has 44 heavy (non-hydrogen) atoms. The molecule has 4 aromatic carbocycles. The van der Waals surface area contributed by atoms with Gasteiger partial charge in [0.1, 0.15) is 5.75 Å². The Balaban J connectivity index is 1.01. The van der Waals surface area contributed by atoms with E-state index in [4.69, 9.17) is 16.3 Å². The van der Waals surface area contributed by atoms with Crippen molar-refractivity contribution in [1.82, 2.24) is 0 Å². The van der Waals surface area contributed by atoms with Crippen LogP contribution in [0.2, 0.25) is 5.02 Å². The summed E-state index contributed by atoms with van der Waals surface area (Å²) >= 11 is 6.24. The Morgan fingerprint density at radius 3 is 1.80 bits per heavy atom. The van der Waals surface area contributed by atoms with E-state index in [2.05, 4.69) is 24.3 Å². The number of carbonyl (C=O) groups excluding carboxylic acids is 4. The fourth-order valence-corrected chi connectivity index (χ4v) is 7.83. The van der Waals surface area contributed by atoms with Gasteiger partial charge < -0.3 is 9.64 Å². The number of ether oxygens (including phenoxy) is 1. The molecule has 0 aromatic heterocycles. The number of aryl methyl sites for hydroxylation is 1. The van der Waals surface area contributed by atoms with Gasteiger partial charge in [0.05, 0.1) is 23.4 Å². The maximum atomic E-state index is 14.0. The maximum Gasteiger partial charge on any atom is 0.316 e. The number of esters is 1. The van der Waals surface area contributed by atoms with E-state index in [0.717, 1.165) is 27.8 Å². The lowest BCUT2D eigenvalue weighted by molar-refractivity contribution is -0.139. The Morgan fingerprint density at radius 2 is 1.27 bits per heavy atom. The van der Waals surface area contributed by atoms with E-state index >= 15 is 0 Å². The molecule has 0 radical (unpaired) electrons. The summed E-state index contributed by atoms with van der Waals surface area (Å²) in [6.07, 6.45) is 0.0368. The molecule has 2 saturated heterocycles. The van der Waals surface area contributed by atoms with Crippen molar-refractivity contribution in [2.24, 2.45) is 17.8 Å². The Labute approximate surface area is 259 Å². The lowest BCUT2D eigenvalue weighted by atomic mass is 9.55. The molecule has 0 saturated carbocycles. The van der Waals surface area contributed by atoms with Gasteiger partial charge in [-0.25, -0.2) is 4.90 Å². The van der Waals surface area contributed by atoms with Crippen LogP contribution in [-0.4, -0.2) is 30.2 Å². The molecule has 7 nitrogen and oxygen atoms in total. The van der Waals surface area contributed by atoms with Gasteiger partial charge in [-0.15, -0.1) is 0 Å². The highest BCUT2D eigenvalue weighted by molar-refractivity contribution is 6.31. The molecule has 3 aliphatic carbocycles. The van der Waals surface area contributed by atoms with E-state index in [0.29, 0.717) is 16.4 Å². The first-order valence-corrected chi connectivity index (χ1v) is 15.1. The zero-order chi connectivity index (χ0) is 30.3. The van der Waals surface area contributed by atoms with Gasteiger partial charge in [0, 0.05) is 35.5 Å². The second-order valence-corrected chi connectivity index (χ2v) is 12.4. The normalized spacial score (nSPS) is 24.8. The molecule has 2 aliphatic heterocycles. The number of benzene rings is 4. The Bertz CT molecular complexity index is 1790. The van der Waals surface area contributed by atoms with E-state index in [1.807, 2.05) is 43.3 Å². The van der Waals surface area contributed by atoms with Gasteiger partial charge in [-0.3, -0.25) is 19.2 Å². The van der Waals surface area contributed by atoms with Crippen molar-refractivity contribution in [1.29, 1.82) is 0 Å². The molecule has 2 bridgehead atoms. The van der Waals surface area contributed by atoms with Gasteiger partial charge in [0.2, 0.25) is 17.7 Å². The van der Waals surface area contributed by atoms with Crippen molar-refractivity contribution in [3.8, 4) is 5.75 Å². The zero-order valence-corrected chi connectivity index (χ0v) is 24.5. The summed E-state index contributed by atoms with van der Waals surface area (Å²) in [5.41, 5.74) is 6.48. The second-order valence-electron chi connectivity index (χ2n) is 12.0. The summed E-state index contributed by atoms with van der Waals surface area (Å²) < 4.78 is 5.64. The van der Waals surface area contributed by atoms with E-state index in [1.54, 1.807) is 35.2 Å². The summed E-state index contributed by atoms with van der Waals surface area (Å²) in [7, 11) is 0. The minimum Gasteiger partial charge on any atom is -0.426 e. The van der Waals surface area contributed by atoms with Crippen LogP contribution in [0.15, 0.2) is 91.0 Å². The quantitative estimate of drug-likeness (QED) is 0.162. The van der Waals surface area contributed by atoms with Gasteiger partial charge in [-0.05, 0) is 71.1 Å². The molecular weight excluding hydrogens is 576 g/mol. The number of halogens is 1. The summed E-state index contributed by atoms with van der Waals surface area (Å²) in [5.74, 6) is -2.75. The molecule has 4 aromatic rings. The lowest BCUT2D eigenvalue weighted by Crippen LogP contribution is -2.41. The number of hydrogen-bond acceptors (Lipinski definition) is 5. The third-order valence-electron chi connectivity index (χ3n) is 9.69. The number of hydrogen-bond donors (Lipinski definition) is 0. The fourth-order valence-electron chi connectivity index (χ4n) is 7.66. The molecular formula is C36H27ClN2O5. The first-order valence-electron chi connectivity index (χ1n) is 14.8. The van der Waals surface area contributed by atoms with Crippen LogP contribution >= 0.6 is 11.6 Å². The first-order chi connectivity index (χ1) is 21.3. The maximum absolute atomic E-state index is 14.0. The van der Waals surface area contributed by atoms with Crippen LogP contribution in [0, 0.1) is 24.7 Å². The van der Waals surface area contributed by atoms with Crippen molar-refractivity contribution in [3.05, 3.63) is 124 Å². The number of carbonyl (C=O) groups is 4. The van der Waals surface area contributed by atoms with Crippen LogP contribution in [-0.2, 0) is 19.2 Å². The van der Waals surface area contributed by atoms with Crippen LogP contribution in [0.3, 0.4) is 0 Å². The monoisotopic (exact) mass is 602 g/mol. The van der Waals surface area contributed by atoms with Gasteiger partial charge in [0.15, 0.2) is 0 Å². The van der Waals surface area contributed by atoms with E-state index in [1.165, 1.54) is 4.90 Å². The standard InChI is InChI=1S/C36H27ClN2O5/c1-19-10-11-22(17-28(19)37)38-18-20(16-29(38)40)36(43)44-23-14-12-21(13-15-23)39-34(41)32-30-24-6-2-3-7-25(24)31(33(32)35(39)42)27-9-5-4-8-26(27)30/h2-15,17,20,30-33H,16,18H2,1H3/t20-,30?,31?,32+,33+/m1/s1. The Kier molecular flexibility index (Phi) is 6.04. The number of anilines is 2. The van der Waals surface area contributed by atoms with Gasteiger partial charge >= 0.3 is 5.97 Å². The largest absolute Gasteiger partial charge is 0.426 e. The molecule has 2 fully saturated rings. The topological polar surface area (TPSA) is 84.0 Å². The van der Waals surface area contributed by atoms with Crippen LogP contribution in [0.1, 0.15) is 46.1 Å². The van der Waals surface area contributed by atoms with Gasteiger partial charge in [-0.2, -0.15) is 0 Å². The molecule has 0 N–H and O–H groups in total. The fraction of sp³-hybridized carbons (Fsp3) is 0.222. The van der Waals surface area contributed by atoms with Crippen molar-refractivity contribution in [3.63, 3.8) is 0 Å². The highest BCUT2D eigenvalue weighted by Crippen LogP contribution is 2.61. The molecule has 0 spiro atoms. The first kappa shape index (κ1) is 26.8. The molecule has 3 atom stereocenters. The number of nitrogens with zero attached hydrogens (tertiary/aromatic N) is 2. The Morgan fingerprint density at radius 1 is 0.750 bits per heavy atom. The van der Waals surface area contributed by atoms with E-state index in [-0.39, 0.29) is 48.3 Å². The molecule has 3 amide bonds. The smallest absolute Gasteiger partial charge is 0.316 e. The predicted octanol–water partition coefficient (Wildman–Crippen LogP) is 6.00.